The number of hydrazine groups is 1. The number of Topliss-reactive ketones (excluding diaryl/α,β-unsaturated/α-hetero) is 1. The predicted molar refractivity (Wildman–Crippen MR) is 126 cm³/mol. The van der Waals surface area contributed by atoms with E-state index in [1.807, 2.05) is 0 Å². The first-order chi connectivity index (χ1) is 16.1. The van der Waals surface area contributed by atoms with Crippen molar-refractivity contribution in [3.05, 3.63) is 0 Å². The molecule has 0 radical (unpaired) electrons. The molecule has 1 N–H and O–H groups in total. The molecule has 0 spiro atoms. The molecule has 1 atom stereocenters. The zero-order valence-corrected chi connectivity index (χ0v) is 21.9. The van der Waals surface area contributed by atoms with Gasteiger partial charge in [-0.2, -0.15) is 5.01 Å². The van der Waals surface area contributed by atoms with Gasteiger partial charge in [-0.25, -0.2) is 19.8 Å². The summed E-state index contributed by atoms with van der Waals surface area (Å²) in [5, 5.41) is 0.741. The van der Waals surface area contributed by atoms with Crippen molar-refractivity contribution in [3.8, 4) is 0 Å². The van der Waals surface area contributed by atoms with Crippen LogP contribution in [0.1, 0.15) is 99.3 Å². The molecule has 5 aliphatic carbocycles. The summed E-state index contributed by atoms with van der Waals surface area (Å²) in [5.41, 5.74) is -1.98. The van der Waals surface area contributed by atoms with Crippen LogP contribution in [0.15, 0.2) is 0 Å². The molecule has 35 heavy (non-hydrogen) atoms. The number of hydrogen-bond acceptors (Lipinski definition) is 7. The van der Waals surface area contributed by atoms with Crippen molar-refractivity contribution in [2.75, 3.05) is 0 Å². The number of amides is 2. The quantitative estimate of drug-likeness (QED) is 0.264. The zero-order valence-electron chi connectivity index (χ0n) is 21.9. The van der Waals surface area contributed by atoms with Crippen LogP contribution in [0.2, 0.25) is 0 Å². The molecule has 0 aromatic rings. The lowest BCUT2D eigenvalue weighted by molar-refractivity contribution is -0.199. The number of carbonyl (C=O) groups excluding carboxylic acids is 4. The summed E-state index contributed by atoms with van der Waals surface area (Å²) in [4.78, 5) is 53.4. The van der Waals surface area contributed by atoms with Crippen LogP contribution >= 0.6 is 0 Å². The predicted octanol–water partition coefficient (Wildman–Crippen LogP) is 4.67. The lowest BCUT2D eigenvalue weighted by Gasteiger charge is -2.56. The van der Waals surface area contributed by atoms with Gasteiger partial charge in [0, 0.05) is 6.42 Å². The van der Waals surface area contributed by atoms with Gasteiger partial charge in [0.25, 0.3) is 0 Å². The van der Waals surface area contributed by atoms with E-state index in [0.29, 0.717) is 24.2 Å². The summed E-state index contributed by atoms with van der Waals surface area (Å²) >= 11 is 0. The van der Waals surface area contributed by atoms with Gasteiger partial charge in [-0.3, -0.25) is 4.79 Å². The molecule has 2 amide bonds. The highest BCUT2D eigenvalue weighted by molar-refractivity contribution is 6.12. The van der Waals surface area contributed by atoms with Gasteiger partial charge < -0.3 is 14.2 Å². The Morgan fingerprint density at radius 1 is 0.886 bits per heavy atom. The van der Waals surface area contributed by atoms with Gasteiger partial charge in [-0.05, 0) is 111 Å². The monoisotopic (exact) mass is 492 g/mol. The van der Waals surface area contributed by atoms with Crippen molar-refractivity contribution in [1.29, 1.82) is 0 Å². The van der Waals surface area contributed by atoms with E-state index in [9.17, 15) is 19.2 Å². The van der Waals surface area contributed by atoms with Crippen LogP contribution in [0.3, 0.4) is 0 Å². The van der Waals surface area contributed by atoms with Gasteiger partial charge >= 0.3 is 18.2 Å². The maximum atomic E-state index is 14.0. The van der Waals surface area contributed by atoms with E-state index in [2.05, 4.69) is 5.43 Å². The van der Waals surface area contributed by atoms with Crippen LogP contribution in [0.5, 0.6) is 0 Å². The molecule has 5 rings (SSSR count). The van der Waals surface area contributed by atoms with Crippen molar-refractivity contribution in [3.63, 3.8) is 0 Å². The number of carbonyl (C=O) groups is 4. The minimum Gasteiger partial charge on any atom is -0.457 e. The van der Waals surface area contributed by atoms with E-state index in [1.165, 1.54) is 19.3 Å². The summed E-state index contributed by atoms with van der Waals surface area (Å²) in [5.74, 6) is 0.362. The van der Waals surface area contributed by atoms with E-state index in [1.54, 1.807) is 41.5 Å². The summed E-state index contributed by atoms with van der Waals surface area (Å²) in [7, 11) is 0. The molecule has 9 nitrogen and oxygen atoms in total. The van der Waals surface area contributed by atoms with Crippen molar-refractivity contribution >= 4 is 23.9 Å². The second-order valence-electron chi connectivity index (χ2n) is 13.1. The Kier molecular flexibility index (Phi) is 6.37. The van der Waals surface area contributed by atoms with E-state index in [0.717, 1.165) is 24.3 Å². The minimum absolute atomic E-state index is 0.0477. The third-order valence-electron chi connectivity index (χ3n) is 7.59. The number of ether oxygens (including phenoxy) is 3. The fourth-order valence-electron chi connectivity index (χ4n) is 6.83. The maximum Gasteiger partial charge on any atom is 0.430 e. The van der Waals surface area contributed by atoms with E-state index >= 15 is 0 Å². The highest BCUT2D eigenvalue weighted by Crippen LogP contribution is 2.57. The number of ketones is 1. The number of esters is 1. The van der Waals surface area contributed by atoms with Crippen LogP contribution in [0.4, 0.5) is 9.59 Å². The standard InChI is InChI=1S/C26H40N2O7/c1-23(2,3)34-21(31)27-28(22(32)35-24(4,5)6)26(9-7-8-19(26)29)20(30)33-25-13-16-10-17(14-25)12-18(11-16)15-25/h16-18H,7-15H2,1-6H3,(H,27,31)/t16?,17?,18?,25?,26-/m1/s1. The van der Waals surface area contributed by atoms with Crippen molar-refractivity contribution in [1.82, 2.24) is 10.4 Å². The van der Waals surface area contributed by atoms with E-state index in [-0.39, 0.29) is 12.8 Å². The maximum absolute atomic E-state index is 14.0. The van der Waals surface area contributed by atoms with E-state index < -0.39 is 46.3 Å². The Balaban J connectivity index is 1.65. The normalized spacial score (nSPS) is 33.9. The number of nitrogens with one attached hydrogen (secondary N) is 1. The van der Waals surface area contributed by atoms with Crippen LogP contribution in [-0.4, -0.2) is 51.3 Å². The van der Waals surface area contributed by atoms with Gasteiger partial charge in [0.05, 0.1) is 0 Å². The first-order valence-corrected chi connectivity index (χ1v) is 12.9. The Bertz CT molecular complexity index is 865. The minimum atomic E-state index is -1.98. The molecular formula is C26H40N2O7. The topological polar surface area (TPSA) is 111 Å². The third kappa shape index (κ3) is 5.28. The van der Waals surface area contributed by atoms with Gasteiger partial charge in [0.2, 0.25) is 5.54 Å². The van der Waals surface area contributed by atoms with Gasteiger partial charge in [-0.1, -0.05) is 0 Å². The Hall–Kier alpha value is -2.32. The van der Waals surface area contributed by atoms with Crippen LogP contribution in [0, 0.1) is 17.8 Å². The number of rotatable bonds is 3. The fourth-order valence-corrected chi connectivity index (χ4v) is 6.83. The average Bonchev–Trinajstić information content (AvgIpc) is 3.04. The molecule has 0 saturated heterocycles. The van der Waals surface area contributed by atoms with E-state index in [4.69, 9.17) is 14.2 Å². The zero-order chi connectivity index (χ0) is 25.8. The molecule has 4 bridgehead atoms. The first-order valence-electron chi connectivity index (χ1n) is 12.9. The van der Waals surface area contributed by atoms with Crippen LogP contribution in [-0.2, 0) is 23.8 Å². The van der Waals surface area contributed by atoms with Crippen LogP contribution < -0.4 is 5.43 Å². The Morgan fingerprint density at radius 2 is 1.40 bits per heavy atom. The summed E-state index contributed by atoms with van der Waals surface area (Å²) < 4.78 is 17.1. The first kappa shape index (κ1) is 25.8. The molecule has 0 aromatic heterocycles. The smallest absolute Gasteiger partial charge is 0.430 e. The SMILES string of the molecule is CC(C)(C)OC(=O)NN(C(=O)OC(C)(C)C)[C@]1(C(=O)OC23CC4CC(CC(C4)C2)C3)CCCC1=O. The fraction of sp³-hybridized carbons (Fsp3) is 0.846. The average molecular weight is 493 g/mol. The largest absolute Gasteiger partial charge is 0.457 e. The molecule has 5 fully saturated rings. The van der Waals surface area contributed by atoms with Crippen molar-refractivity contribution in [2.24, 2.45) is 17.8 Å². The van der Waals surface area contributed by atoms with Crippen molar-refractivity contribution in [2.45, 2.75) is 122 Å². The molecule has 0 aliphatic heterocycles. The molecule has 5 aliphatic rings. The molecule has 0 unspecified atom stereocenters. The summed E-state index contributed by atoms with van der Waals surface area (Å²) in [6.45, 7) is 10.1. The summed E-state index contributed by atoms with van der Waals surface area (Å²) in [6, 6.07) is 0. The lowest BCUT2D eigenvalue weighted by Crippen LogP contribution is -2.68. The third-order valence-corrected chi connectivity index (χ3v) is 7.59. The number of nitrogens with zero attached hydrogens (tertiary/aromatic N) is 1. The second-order valence-corrected chi connectivity index (χ2v) is 13.1. The lowest BCUT2D eigenvalue weighted by atomic mass is 9.54. The highest BCUT2D eigenvalue weighted by Gasteiger charge is 2.62. The molecular weight excluding hydrogens is 452 g/mol. The molecule has 5 saturated carbocycles. The Labute approximate surface area is 207 Å². The molecule has 9 heteroatoms. The Morgan fingerprint density at radius 3 is 1.83 bits per heavy atom. The molecule has 0 aromatic carbocycles. The molecule has 0 heterocycles. The number of hydrogen-bond donors (Lipinski definition) is 1. The van der Waals surface area contributed by atoms with Gasteiger partial charge in [0.1, 0.15) is 16.8 Å². The van der Waals surface area contributed by atoms with Crippen LogP contribution in [0.25, 0.3) is 0 Å². The highest BCUT2D eigenvalue weighted by atomic mass is 16.6. The van der Waals surface area contributed by atoms with Gasteiger partial charge in [-0.15, -0.1) is 0 Å². The van der Waals surface area contributed by atoms with Crippen molar-refractivity contribution < 1.29 is 33.4 Å². The molecule has 196 valence electrons. The second kappa shape index (κ2) is 8.66. The van der Waals surface area contributed by atoms with Gasteiger partial charge in [0.15, 0.2) is 5.78 Å². The summed E-state index contributed by atoms with van der Waals surface area (Å²) in [6.07, 6.45) is 4.48.